The highest BCUT2D eigenvalue weighted by molar-refractivity contribution is 7.13. The summed E-state index contributed by atoms with van der Waals surface area (Å²) >= 11 is 7.64. The number of hydrogen-bond acceptors (Lipinski definition) is 2. The molecule has 0 bridgehead atoms. The van der Waals surface area contributed by atoms with E-state index in [-0.39, 0.29) is 0 Å². The number of rotatable bonds is 2. The smallest absolute Gasteiger partial charge is 0.0960 e. The van der Waals surface area contributed by atoms with Gasteiger partial charge in [0.15, 0.2) is 0 Å². The molecule has 68 valence electrons. The zero-order valence-corrected chi connectivity index (χ0v) is 9.17. The third kappa shape index (κ3) is 2.33. The molecular formula is C10H10ClNS. The Kier molecular flexibility index (Phi) is 3.53. The summed E-state index contributed by atoms with van der Waals surface area (Å²) in [6, 6.07) is 6.06. The van der Waals surface area contributed by atoms with Gasteiger partial charge in [0.05, 0.1) is 11.1 Å². The summed E-state index contributed by atoms with van der Waals surface area (Å²) in [7, 11) is 0. The van der Waals surface area contributed by atoms with Gasteiger partial charge in [0, 0.05) is 15.3 Å². The molecule has 13 heavy (non-hydrogen) atoms. The van der Waals surface area contributed by atoms with Gasteiger partial charge in [-0.1, -0.05) is 18.5 Å². The first kappa shape index (κ1) is 10.3. The second-order valence-corrected chi connectivity index (χ2v) is 4.22. The van der Waals surface area contributed by atoms with Crippen molar-refractivity contribution in [1.29, 1.82) is 5.26 Å². The molecule has 1 heterocycles. The molecule has 0 aliphatic heterocycles. The average Bonchev–Trinajstić information content (AvgIpc) is 2.63. The highest BCUT2D eigenvalue weighted by Gasteiger charge is 2.05. The van der Waals surface area contributed by atoms with E-state index in [1.54, 1.807) is 18.3 Å². The minimum atomic E-state index is 0.575. The van der Waals surface area contributed by atoms with Crippen molar-refractivity contribution < 1.29 is 0 Å². The molecule has 0 aromatic carbocycles. The van der Waals surface area contributed by atoms with Gasteiger partial charge in [-0.3, -0.25) is 0 Å². The first-order valence-electron chi connectivity index (χ1n) is 4.04. The standard InChI is InChI=1S/C10H10ClNS/c1-3-8-4-5-9(13-8)10(11)7(2)6-12/h4-5H,3H2,1-2H3. The fourth-order valence-electron chi connectivity index (χ4n) is 0.920. The van der Waals surface area contributed by atoms with Gasteiger partial charge >= 0.3 is 0 Å². The first-order valence-corrected chi connectivity index (χ1v) is 5.24. The molecule has 0 radical (unpaired) electrons. The van der Waals surface area contributed by atoms with Gasteiger partial charge in [-0.15, -0.1) is 11.3 Å². The highest BCUT2D eigenvalue weighted by atomic mass is 35.5. The Labute approximate surface area is 87.3 Å². The van der Waals surface area contributed by atoms with E-state index in [2.05, 4.69) is 6.92 Å². The average molecular weight is 212 g/mol. The molecule has 0 N–H and O–H groups in total. The molecule has 1 aromatic heterocycles. The van der Waals surface area contributed by atoms with Crippen molar-refractivity contribution in [2.75, 3.05) is 0 Å². The lowest BCUT2D eigenvalue weighted by atomic mass is 10.3. The first-order chi connectivity index (χ1) is 6.19. The Hall–Kier alpha value is -0.780. The van der Waals surface area contributed by atoms with Crippen LogP contribution in [0.2, 0.25) is 0 Å². The van der Waals surface area contributed by atoms with Gasteiger partial charge in [0.1, 0.15) is 0 Å². The minimum Gasteiger partial charge on any atom is -0.193 e. The molecule has 0 aliphatic carbocycles. The largest absolute Gasteiger partial charge is 0.193 e. The van der Waals surface area contributed by atoms with Gasteiger partial charge in [0.25, 0.3) is 0 Å². The normalized spacial score (nSPS) is 12.2. The summed E-state index contributed by atoms with van der Waals surface area (Å²) in [4.78, 5) is 2.27. The second-order valence-electron chi connectivity index (χ2n) is 2.67. The van der Waals surface area contributed by atoms with Crippen LogP contribution in [0, 0.1) is 11.3 Å². The Morgan fingerprint density at radius 3 is 2.77 bits per heavy atom. The van der Waals surface area contributed by atoms with Crippen LogP contribution in [0.15, 0.2) is 17.7 Å². The van der Waals surface area contributed by atoms with Crippen molar-refractivity contribution >= 4 is 28.0 Å². The Morgan fingerprint density at radius 1 is 1.62 bits per heavy atom. The van der Waals surface area contributed by atoms with Gasteiger partial charge in [-0.05, 0) is 25.5 Å². The quantitative estimate of drug-likeness (QED) is 0.683. The predicted molar refractivity (Wildman–Crippen MR) is 57.8 cm³/mol. The maximum atomic E-state index is 8.64. The number of nitrogens with zero attached hydrogens (tertiary/aromatic N) is 1. The van der Waals surface area contributed by atoms with E-state index in [4.69, 9.17) is 16.9 Å². The van der Waals surface area contributed by atoms with E-state index in [0.29, 0.717) is 10.6 Å². The Bertz CT molecular complexity index is 371. The van der Waals surface area contributed by atoms with Crippen molar-refractivity contribution in [3.8, 4) is 6.07 Å². The van der Waals surface area contributed by atoms with Crippen LogP contribution in [0.3, 0.4) is 0 Å². The molecular weight excluding hydrogens is 202 g/mol. The maximum absolute atomic E-state index is 8.64. The molecule has 1 rings (SSSR count). The highest BCUT2D eigenvalue weighted by Crippen LogP contribution is 2.29. The van der Waals surface area contributed by atoms with Crippen molar-refractivity contribution in [3.05, 3.63) is 27.5 Å². The van der Waals surface area contributed by atoms with Crippen LogP contribution in [0.5, 0.6) is 0 Å². The molecule has 0 saturated carbocycles. The summed E-state index contributed by atoms with van der Waals surface area (Å²) in [6.07, 6.45) is 1.01. The van der Waals surface area contributed by atoms with Crippen LogP contribution in [-0.4, -0.2) is 0 Å². The van der Waals surface area contributed by atoms with Crippen molar-refractivity contribution in [1.82, 2.24) is 0 Å². The van der Waals surface area contributed by atoms with Gasteiger partial charge in [-0.2, -0.15) is 5.26 Å². The van der Waals surface area contributed by atoms with Gasteiger partial charge in [-0.25, -0.2) is 0 Å². The summed E-state index contributed by atoms with van der Waals surface area (Å²) in [6.45, 7) is 3.83. The van der Waals surface area contributed by atoms with Crippen LogP contribution in [-0.2, 0) is 6.42 Å². The van der Waals surface area contributed by atoms with E-state index >= 15 is 0 Å². The zero-order chi connectivity index (χ0) is 9.84. The van der Waals surface area contributed by atoms with Crippen LogP contribution >= 0.6 is 22.9 Å². The van der Waals surface area contributed by atoms with Crippen LogP contribution in [0.4, 0.5) is 0 Å². The summed E-state index contributed by atoms with van der Waals surface area (Å²) < 4.78 is 0. The lowest BCUT2D eigenvalue weighted by Crippen LogP contribution is -1.74. The van der Waals surface area contributed by atoms with Crippen LogP contribution < -0.4 is 0 Å². The van der Waals surface area contributed by atoms with Gasteiger partial charge < -0.3 is 0 Å². The second kappa shape index (κ2) is 4.45. The number of allylic oxidation sites excluding steroid dienone is 1. The van der Waals surface area contributed by atoms with Crippen LogP contribution in [0.25, 0.3) is 5.03 Å². The molecule has 1 nitrogen and oxygen atoms in total. The van der Waals surface area contributed by atoms with E-state index in [0.717, 1.165) is 11.3 Å². The topological polar surface area (TPSA) is 23.8 Å². The molecule has 0 atom stereocenters. The molecule has 0 unspecified atom stereocenters. The number of halogens is 1. The van der Waals surface area contributed by atoms with Crippen molar-refractivity contribution in [2.24, 2.45) is 0 Å². The molecule has 0 fully saturated rings. The third-order valence-electron chi connectivity index (χ3n) is 1.72. The lowest BCUT2D eigenvalue weighted by molar-refractivity contribution is 1.19. The van der Waals surface area contributed by atoms with Crippen LogP contribution in [0.1, 0.15) is 23.6 Å². The molecule has 0 spiro atoms. The predicted octanol–water partition coefficient (Wildman–Crippen LogP) is 3.80. The molecule has 0 amide bonds. The number of aryl methyl sites for hydroxylation is 1. The number of hydrogen-bond donors (Lipinski definition) is 0. The number of thiophene rings is 1. The fraction of sp³-hybridized carbons (Fsp3) is 0.300. The van der Waals surface area contributed by atoms with E-state index in [1.807, 2.05) is 18.2 Å². The fourth-order valence-corrected chi connectivity index (χ4v) is 2.08. The Balaban J connectivity index is 3.04. The third-order valence-corrected chi connectivity index (χ3v) is 3.57. The lowest BCUT2D eigenvalue weighted by Gasteiger charge is -1.93. The van der Waals surface area contributed by atoms with E-state index in [1.165, 1.54) is 4.88 Å². The minimum absolute atomic E-state index is 0.575. The molecule has 0 aliphatic rings. The van der Waals surface area contributed by atoms with Gasteiger partial charge in [0.2, 0.25) is 0 Å². The molecule has 3 heteroatoms. The zero-order valence-electron chi connectivity index (χ0n) is 7.60. The molecule has 1 aromatic rings. The van der Waals surface area contributed by atoms with Crippen molar-refractivity contribution in [2.45, 2.75) is 20.3 Å². The van der Waals surface area contributed by atoms with E-state index in [9.17, 15) is 0 Å². The monoisotopic (exact) mass is 211 g/mol. The summed E-state index contributed by atoms with van der Waals surface area (Å²) in [5.41, 5.74) is 0.575. The van der Waals surface area contributed by atoms with Crippen molar-refractivity contribution in [3.63, 3.8) is 0 Å². The summed E-state index contributed by atoms with van der Waals surface area (Å²) in [5.74, 6) is 0. The number of nitriles is 1. The SMILES string of the molecule is CCc1ccc(C(Cl)=C(C)C#N)s1. The maximum Gasteiger partial charge on any atom is 0.0960 e. The Morgan fingerprint density at radius 2 is 2.31 bits per heavy atom. The molecule has 0 saturated heterocycles. The van der Waals surface area contributed by atoms with E-state index < -0.39 is 0 Å². The summed E-state index contributed by atoms with van der Waals surface area (Å²) in [5, 5.41) is 9.22.